The summed E-state index contributed by atoms with van der Waals surface area (Å²) in [4.78, 5) is 2.20. The molecule has 2 fully saturated rings. The SMILES string of the molecule is NN=C(N)N1CCCC2CCCC21. The van der Waals surface area contributed by atoms with Crippen molar-refractivity contribution in [3.8, 4) is 0 Å². The van der Waals surface area contributed by atoms with E-state index in [4.69, 9.17) is 11.6 Å². The Morgan fingerprint density at radius 1 is 1.23 bits per heavy atom. The predicted molar refractivity (Wildman–Crippen MR) is 52.9 cm³/mol. The van der Waals surface area contributed by atoms with E-state index >= 15 is 0 Å². The van der Waals surface area contributed by atoms with Crippen LogP contribution in [0.3, 0.4) is 0 Å². The largest absolute Gasteiger partial charge is 0.368 e. The lowest BCUT2D eigenvalue weighted by molar-refractivity contribution is 0.189. The topological polar surface area (TPSA) is 67.6 Å². The number of nitrogens with two attached hydrogens (primary N) is 2. The summed E-state index contributed by atoms with van der Waals surface area (Å²) in [6, 6.07) is 0.626. The van der Waals surface area contributed by atoms with Crippen LogP contribution in [0.25, 0.3) is 0 Å². The average Bonchev–Trinajstić information content (AvgIpc) is 2.63. The van der Waals surface area contributed by atoms with Gasteiger partial charge in [0, 0.05) is 12.6 Å². The maximum atomic E-state index is 5.75. The standard InChI is InChI=1S/C9H18N4/c10-9(12-11)13-6-2-4-7-3-1-5-8(7)13/h7-8H,1-6,11H2,(H2,10,12). The third-order valence-electron chi connectivity index (χ3n) is 3.42. The van der Waals surface area contributed by atoms with Crippen molar-refractivity contribution in [1.29, 1.82) is 0 Å². The highest BCUT2D eigenvalue weighted by molar-refractivity contribution is 5.78. The number of fused-ring (bicyclic) bond motifs is 1. The van der Waals surface area contributed by atoms with E-state index in [-0.39, 0.29) is 0 Å². The Morgan fingerprint density at radius 3 is 2.77 bits per heavy atom. The molecule has 0 radical (unpaired) electrons. The smallest absolute Gasteiger partial charge is 0.213 e. The zero-order valence-electron chi connectivity index (χ0n) is 7.95. The highest BCUT2D eigenvalue weighted by Crippen LogP contribution is 2.36. The summed E-state index contributed by atoms with van der Waals surface area (Å²) in [5, 5.41) is 3.59. The number of likely N-dealkylation sites (tertiary alicyclic amines) is 1. The summed E-state index contributed by atoms with van der Waals surface area (Å²) in [5.41, 5.74) is 5.75. The number of hydrogen-bond acceptors (Lipinski definition) is 2. The first-order valence-corrected chi connectivity index (χ1v) is 5.13. The van der Waals surface area contributed by atoms with E-state index in [1.807, 2.05) is 0 Å². The number of guanidine groups is 1. The first-order valence-electron chi connectivity index (χ1n) is 5.13. The van der Waals surface area contributed by atoms with Gasteiger partial charge >= 0.3 is 0 Å². The van der Waals surface area contributed by atoms with Gasteiger partial charge in [0.1, 0.15) is 0 Å². The van der Waals surface area contributed by atoms with Gasteiger partial charge in [0.05, 0.1) is 0 Å². The van der Waals surface area contributed by atoms with E-state index < -0.39 is 0 Å². The van der Waals surface area contributed by atoms with Crippen molar-refractivity contribution in [3.05, 3.63) is 0 Å². The summed E-state index contributed by atoms with van der Waals surface area (Å²) >= 11 is 0. The van der Waals surface area contributed by atoms with Gasteiger partial charge in [0.2, 0.25) is 5.96 Å². The Labute approximate surface area is 79.0 Å². The van der Waals surface area contributed by atoms with Crippen molar-refractivity contribution in [2.45, 2.75) is 38.1 Å². The van der Waals surface area contributed by atoms with E-state index in [2.05, 4.69) is 10.0 Å². The Balaban J connectivity index is 2.09. The highest BCUT2D eigenvalue weighted by atomic mass is 15.3. The van der Waals surface area contributed by atoms with E-state index in [0.29, 0.717) is 12.0 Å². The molecule has 4 nitrogen and oxygen atoms in total. The quantitative estimate of drug-likeness (QED) is 0.247. The predicted octanol–water partition coefficient (Wildman–Crippen LogP) is 0.439. The lowest BCUT2D eigenvalue weighted by Crippen LogP contribution is -2.49. The summed E-state index contributed by atoms with van der Waals surface area (Å²) in [6.45, 7) is 1.04. The van der Waals surface area contributed by atoms with Gasteiger partial charge in [-0.05, 0) is 31.6 Å². The molecular formula is C9H18N4. The van der Waals surface area contributed by atoms with Gasteiger partial charge in [0.15, 0.2) is 0 Å². The molecular weight excluding hydrogens is 164 g/mol. The maximum Gasteiger partial charge on any atom is 0.213 e. The molecule has 0 aromatic heterocycles. The minimum Gasteiger partial charge on any atom is -0.368 e. The Kier molecular flexibility index (Phi) is 2.29. The van der Waals surface area contributed by atoms with Crippen molar-refractivity contribution in [2.24, 2.45) is 22.6 Å². The van der Waals surface area contributed by atoms with Crippen LogP contribution in [0, 0.1) is 5.92 Å². The van der Waals surface area contributed by atoms with Gasteiger partial charge in [-0.15, -0.1) is 5.10 Å². The zero-order chi connectivity index (χ0) is 9.26. The Hall–Kier alpha value is -0.930. The van der Waals surface area contributed by atoms with Crippen LogP contribution in [-0.4, -0.2) is 23.4 Å². The Morgan fingerprint density at radius 2 is 2.00 bits per heavy atom. The average molecular weight is 182 g/mol. The maximum absolute atomic E-state index is 5.75. The normalized spacial score (nSPS) is 34.8. The van der Waals surface area contributed by atoms with Crippen molar-refractivity contribution in [3.63, 3.8) is 0 Å². The van der Waals surface area contributed by atoms with E-state index in [1.54, 1.807) is 0 Å². The van der Waals surface area contributed by atoms with Crippen molar-refractivity contribution in [1.82, 2.24) is 4.90 Å². The molecule has 0 amide bonds. The molecule has 74 valence electrons. The zero-order valence-corrected chi connectivity index (χ0v) is 7.95. The van der Waals surface area contributed by atoms with Crippen molar-refractivity contribution >= 4 is 5.96 Å². The van der Waals surface area contributed by atoms with Gasteiger partial charge in [0.25, 0.3) is 0 Å². The first kappa shape index (κ1) is 8.66. The number of piperidine rings is 1. The molecule has 1 aliphatic heterocycles. The molecule has 1 aliphatic carbocycles. The summed E-state index contributed by atoms with van der Waals surface area (Å²) < 4.78 is 0. The molecule has 2 unspecified atom stereocenters. The summed E-state index contributed by atoms with van der Waals surface area (Å²) in [7, 11) is 0. The number of nitrogens with zero attached hydrogens (tertiary/aromatic N) is 2. The van der Waals surface area contributed by atoms with E-state index in [0.717, 1.165) is 12.5 Å². The molecule has 0 bridgehead atoms. The monoisotopic (exact) mass is 182 g/mol. The number of hydrazone groups is 1. The van der Waals surface area contributed by atoms with E-state index in [9.17, 15) is 0 Å². The van der Waals surface area contributed by atoms with Gasteiger partial charge < -0.3 is 16.5 Å². The van der Waals surface area contributed by atoms with Crippen LogP contribution in [-0.2, 0) is 0 Å². The fourth-order valence-corrected chi connectivity index (χ4v) is 2.81. The van der Waals surface area contributed by atoms with Gasteiger partial charge in [-0.2, -0.15) is 0 Å². The fourth-order valence-electron chi connectivity index (χ4n) is 2.81. The van der Waals surface area contributed by atoms with Crippen LogP contribution < -0.4 is 11.6 Å². The molecule has 2 atom stereocenters. The molecule has 1 heterocycles. The molecule has 4 heteroatoms. The summed E-state index contributed by atoms with van der Waals surface area (Å²) in [6.07, 6.45) is 6.56. The van der Waals surface area contributed by atoms with Crippen LogP contribution >= 0.6 is 0 Å². The highest BCUT2D eigenvalue weighted by Gasteiger charge is 2.35. The molecule has 2 aliphatic rings. The van der Waals surface area contributed by atoms with Crippen molar-refractivity contribution < 1.29 is 0 Å². The summed E-state index contributed by atoms with van der Waals surface area (Å²) in [5.74, 6) is 6.57. The number of rotatable bonds is 0. The number of hydrogen-bond donors (Lipinski definition) is 2. The van der Waals surface area contributed by atoms with E-state index in [1.165, 1.54) is 32.1 Å². The third-order valence-corrected chi connectivity index (χ3v) is 3.42. The first-order chi connectivity index (χ1) is 6.33. The lowest BCUT2D eigenvalue weighted by atomic mass is 9.92. The van der Waals surface area contributed by atoms with Crippen LogP contribution in [0.4, 0.5) is 0 Å². The second-order valence-electron chi connectivity index (χ2n) is 4.08. The minimum absolute atomic E-state index is 0.525. The second kappa shape index (κ2) is 3.44. The molecule has 1 saturated carbocycles. The minimum atomic E-state index is 0.525. The van der Waals surface area contributed by atoms with Crippen LogP contribution in [0.5, 0.6) is 0 Å². The third kappa shape index (κ3) is 1.45. The second-order valence-corrected chi connectivity index (χ2v) is 4.08. The van der Waals surface area contributed by atoms with Crippen LogP contribution in [0.2, 0.25) is 0 Å². The van der Waals surface area contributed by atoms with Crippen LogP contribution in [0.1, 0.15) is 32.1 Å². The molecule has 4 N–H and O–H groups in total. The molecule has 2 rings (SSSR count). The molecule has 0 spiro atoms. The molecule has 0 aromatic rings. The Bertz CT molecular complexity index is 214. The van der Waals surface area contributed by atoms with Gasteiger partial charge in [-0.1, -0.05) is 6.42 Å². The fraction of sp³-hybridized carbons (Fsp3) is 0.889. The van der Waals surface area contributed by atoms with Gasteiger partial charge in [-0.25, -0.2) is 0 Å². The van der Waals surface area contributed by atoms with Crippen LogP contribution in [0.15, 0.2) is 5.10 Å². The lowest BCUT2D eigenvalue weighted by Gasteiger charge is -2.38. The van der Waals surface area contributed by atoms with Gasteiger partial charge in [-0.3, -0.25) is 0 Å². The van der Waals surface area contributed by atoms with Crippen molar-refractivity contribution in [2.75, 3.05) is 6.54 Å². The molecule has 13 heavy (non-hydrogen) atoms. The molecule has 1 saturated heterocycles. The molecule has 0 aromatic carbocycles.